The molecule has 0 amide bonds. The third-order valence-electron chi connectivity index (χ3n) is 5.51. The number of anilines is 1. The summed E-state index contributed by atoms with van der Waals surface area (Å²) in [5.74, 6) is -0.00835. The van der Waals surface area contributed by atoms with E-state index in [1.165, 1.54) is 17.4 Å². The molecule has 3 aromatic rings. The van der Waals surface area contributed by atoms with Crippen LogP contribution in [-0.4, -0.2) is 31.8 Å². The zero-order valence-electron chi connectivity index (χ0n) is 17.2. The molecule has 0 radical (unpaired) electrons. The highest BCUT2D eigenvalue weighted by molar-refractivity contribution is 7.90. The maximum Gasteiger partial charge on any atom is 0.338 e. The second-order valence-electron chi connectivity index (χ2n) is 7.71. The minimum atomic E-state index is -3.85. The number of sulfonamides is 1. The number of ether oxygens (including phenoxy) is 1. The Morgan fingerprint density at radius 1 is 1.09 bits per heavy atom. The number of carbonyl (C=O) groups excluding carboxylic acids is 1. The molecule has 1 aromatic heterocycles. The lowest BCUT2D eigenvalue weighted by Gasteiger charge is -2.29. The van der Waals surface area contributed by atoms with Crippen LogP contribution in [0.3, 0.4) is 0 Å². The summed E-state index contributed by atoms with van der Waals surface area (Å²) in [5, 5.41) is 2.70. The van der Waals surface area contributed by atoms with Gasteiger partial charge in [-0.15, -0.1) is 15.7 Å². The fourth-order valence-electron chi connectivity index (χ4n) is 3.92. The first-order valence-corrected chi connectivity index (χ1v) is 12.8. The number of aromatic nitrogens is 1. The number of thiazole rings is 1. The molecule has 9 heteroatoms. The Morgan fingerprint density at radius 3 is 2.78 bits per heavy atom. The van der Waals surface area contributed by atoms with Gasteiger partial charge >= 0.3 is 5.97 Å². The topological polar surface area (TPSA) is 88.9 Å². The summed E-state index contributed by atoms with van der Waals surface area (Å²) in [6.07, 6.45) is 3.58. The van der Waals surface area contributed by atoms with Crippen LogP contribution in [0.15, 0.2) is 63.2 Å². The van der Waals surface area contributed by atoms with Gasteiger partial charge in [0.2, 0.25) is 0 Å². The molecule has 0 bridgehead atoms. The average molecular weight is 468 g/mol. The van der Waals surface area contributed by atoms with Crippen molar-refractivity contribution in [3.8, 4) is 10.6 Å². The van der Waals surface area contributed by atoms with Crippen LogP contribution >= 0.6 is 11.3 Å². The van der Waals surface area contributed by atoms with Gasteiger partial charge in [0.1, 0.15) is 22.3 Å². The zero-order chi connectivity index (χ0) is 22.1. The van der Waals surface area contributed by atoms with E-state index >= 15 is 0 Å². The van der Waals surface area contributed by atoms with E-state index in [0.29, 0.717) is 23.6 Å². The van der Waals surface area contributed by atoms with Crippen molar-refractivity contribution in [2.24, 2.45) is 4.40 Å². The molecule has 7 nitrogen and oxygen atoms in total. The van der Waals surface area contributed by atoms with E-state index in [0.717, 1.165) is 36.4 Å². The van der Waals surface area contributed by atoms with E-state index in [2.05, 4.69) is 9.38 Å². The van der Waals surface area contributed by atoms with Crippen LogP contribution in [0.4, 0.5) is 5.69 Å². The molecule has 0 unspecified atom stereocenters. The van der Waals surface area contributed by atoms with Gasteiger partial charge in [-0.1, -0.05) is 36.8 Å². The molecule has 32 heavy (non-hydrogen) atoms. The van der Waals surface area contributed by atoms with Gasteiger partial charge in [0.25, 0.3) is 10.0 Å². The monoisotopic (exact) mass is 467 g/mol. The number of hydrogen-bond acceptors (Lipinski definition) is 7. The Morgan fingerprint density at radius 2 is 1.94 bits per heavy atom. The molecule has 2 aliphatic rings. The van der Waals surface area contributed by atoms with Crippen molar-refractivity contribution < 1.29 is 17.9 Å². The summed E-state index contributed by atoms with van der Waals surface area (Å²) in [4.78, 5) is 19.2. The first-order valence-electron chi connectivity index (χ1n) is 10.4. The van der Waals surface area contributed by atoms with Crippen molar-refractivity contribution in [3.05, 3.63) is 65.2 Å². The van der Waals surface area contributed by atoms with Crippen molar-refractivity contribution in [2.45, 2.75) is 37.2 Å². The quantitative estimate of drug-likeness (QED) is 0.519. The molecule has 0 saturated carbocycles. The zero-order valence-corrected chi connectivity index (χ0v) is 18.9. The summed E-state index contributed by atoms with van der Waals surface area (Å²) < 4.78 is 34.9. The number of benzene rings is 2. The van der Waals surface area contributed by atoms with Crippen LogP contribution in [-0.2, 0) is 21.4 Å². The highest BCUT2D eigenvalue weighted by Gasteiger charge is 2.32. The molecule has 0 atom stereocenters. The van der Waals surface area contributed by atoms with Gasteiger partial charge in [-0.3, -0.25) is 0 Å². The molecule has 164 valence electrons. The summed E-state index contributed by atoms with van der Waals surface area (Å²) >= 11 is 1.48. The lowest BCUT2D eigenvalue weighted by molar-refractivity contribution is 0.0468. The first kappa shape index (κ1) is 20.8. The van der Waals surface area contributed by atoms with Crippen LogP contribution in [0.1, 0.15) is 41.7 Å². The molecular formula is C23H21N3O4S2. The highest BCUT2D eigenvalue weighted by atomic mass is 32.2. The Kier molecular flexibility index (Phi) is 5.52. The fraction of sp³-hybridized carbons (Fsp3) is 0.261. The summed E-state index contributed by atoms with van der Waals surface area (Å²) in [6, 6.07) is 14.4. The van der Waals surface area contributed by atoms with Crippen LogP contribution in [0.5, 0.6) is 0 Å². The maximum absolute atomic E-state index is 12.8. The predicted molar refractivity (Wildman–Crippen MR) is 124 cm³/mol. The minimum absolute atomic E-state index is 0.0143. The fourth-order valence-corrected chi connectivity index (χ4v) is 6.01. The summed E-state index contributed by atoms with van der Waals surface area (Å²) in [5.41, 5.74) is 2.41. The smallest absolute Gasteiger partial charge is 0.338 e. The second-order valence-corrected chi connectivity index (χ2v) is 10.1. The molecule has 1 saturated heterocycles. The van der Waals surface area contributed by atoms with E-state index in [1.54, 1.807) is 12.1 Å². The third-order valence-corrected chi connectivity index (χ3v) is 7.78. The van der Waals surface area contributed by atoms with Crippen molar-refractivity contribution in [3.63, 3.8) is 0 Å². The van der Waals surface area contributed by atoms with Gasteiger partial charge in [-0.25, -0.2) is 9.78 Å². The van der Waals surface area contributed by atoms with Crippen molar-refractivity contribution in [2.75, 3.05) is 11.4 Å². The number of amidine groups is 1. The second kappa shape index (κ2) is 8.48. The number of hydrogen-bond donors (Lipinski definition) is 0. The largest absolute Gasteiger partial charge is 0.456 e. The molecule has 5 rings (SSSR count). The predicted octanol–water partition coefficient (Wildman–Crippen LogP) is 4.65. The Hall–Kier alpha value is -3.04. The highest BCUT2D eigenvalue weighted by Crippen LogP contribution is 2.35. The van der Waals surface area contributed by atoms with Crippen molar-refractivity contribution in [1.82, 2.24) is 4.98 Å². The summed E-state index contributed by atoms with van der Waals surface area (Å²) in [6.45, 7) is 0.735. The maximum atomic E-state index is 12.8. The number of nitrogens with zero attached hydrogens (tertiary/aromatic N) is 3. The van der Waals surface area contributed by atoms with Crippen LogP contribution < -0.4 is 4.90 Å². The van der Waals surface area contributed by atoms with Crippen LogP contribution in [0, 0.1) is 0 Å². The Balaban J connectivity index is 1.34. The van der Waals surface area contributed by atoms with Gasteiger partial charge < -0.3 is 9.64 Å². The van der Waals surface area contributed by atoms with E-state index < -0.39 is 16.0 Å². The van der Waals surface area contributed by atoms with Gasteiger partial charge in [0, 0.05) is 23.9 Å². The number of carbonyl (C=O) groups is 1. The molecular weight excluding hydrogens is 446 g/mol. The molecule has 0 aliphatic carbocycles. The molecule has 0 spiro atoms. The molecule has 0 N–H and O–H groups in total. The van der Waals surface area contributed by atoms with Crippen LogP contribution in [0.2, 0.25) is 0 Å². The van der Waals surface area contributed by atoms with Gasteiger partial charge in [-0.2, -0.15) is 8.42 Å². The SMILES string of the molecule is O=C(OCc1csc(-c2ccccc2)n1)c1ccc2c(c1)S(=O)(=O)N=C1CCCCCN12. The molecule has 1 fully saturated rings. The molecule has 2 aliphatic heterocycles. The lowest BCUT2D eigenvalue weighted by atomic mass is 10.2. The normalized spacial score (nSPS) is 17.0. The van der Waals surface area contributed by atoms with E-state index in [9.17, 15) is 13.2 Å². The van der Waals surface area contributed by atoms with Gasteiger partial charge in [-0.05, 0) is 31.0 Å². The number of fused-ring (bicyclic) bond motifs is 3. The third kappa shape index (κ3) is 4.05. The average Bonchev–Trinajstić information content (AvgIpc) is 3.16. The van der Waals surface area contributed by atoms with E-state index in [-0.39, 0.29) is 17.1 Å². The molecule has 2 aromatic carbocycles. The number of rotatable bonds is 4. The van der Waals surface area contributed by atoms with Gasteiger partial charge in [0.05, 0.1) is 16.9 Å². The van der Waals surface area contributed by atoms with Gasteiger partial charge in [0.15, 0.2) is 0 Å². The lowest BCUT2D eigenvalue weighted by Crippen LogP contribution is -2.35. The molecule has 3 heterocycles. The Bertz CT molecular complexity index is 1300. The number of esters is 1. The van der Waals surface area contributed by atoms with Crippen molar-refractivity contribution in [1.29, 1.82) is 0 Å². The summed E-state index contributed by atoms with van der Waals surface area (Å²) in [7, 11) is -3.85. The first-order chi connectivity index (χ1) is 15.5. The van der Waals surface area contributed by atoms with Crippen LogP contribution in [0.25, 0.3) is 10.6 Å². The van der Waals surface area contributed by atoms with E-state index in [4.69, 9.17) is 4.74 Å². The standard InChI is InChI=1S/C23H21N3O4S2/c27-23(30-14-18-15-31-22(24-18)16-7-3-1-4-8-16)17-10-11-19-20(13-17)32(28,29)25-21-9-5-2-6-12-26(19)21/h1,3-4,7-8,10-11,13,15H,2,5-6,9,12,14H2. The Labute approximate surface area is 190 Å². The van der Waals surface area contributed by atoms with Crippen molar-refractivity contribution >= 4 is 38.9 Å². The van der Waals surface area contributed by atoms with E-state index in [1.807, 2.05) is 40.6 Å². The minimum Gasteiger partial charge on any atom is -0.456 e.